The first-order valence-corrected chi connectivity index (χ1v) is 10.6. The van der Waals surface area contributed by atoms with Crippen LogP contribution in [0.1, 0.15) is 58.1 Å². The van der Waals surface area contributed by atoms with Crippen molar-refractivity contribution in [1.82, 2.24) is 10.3 Å². The van der Waals surface area contributed by atoms with Gasteiger partial charge in [-0.1, -0.05) is 39.0 Å². The number of nitrogens with one attached hydrogen (secondary N) is 1. The van der Waals surface area contributed by atoms with Gasteiger partial charge >= 0.3 is 0 Å². The Morgan fingerprint density at radius 3 is 2.66 bits per heavy atom. The highest BCUT2D eigenvalue weighted by Crippen LogP contribution is 2.26. The number of pyridine rings is 1. The van der Waals surface area contributed by atoms with Gasteiger partial charge in [0.25, 0.3) is 5.91 Å². The minimum absolute atomic E-state index is 0.0377. The summed E-state index contributed by atoms with van der Waals surface area (Å²) in [6.07, 6.45) is 4.92. The molecule has 2 heterocycles. The van der Waals surface area contributed by atoms with E-state index in [2.05, 4.69) is 42.0 Å². The van der Waals surface area contributed by atoms with E-state index in [9.17, 15) is 4.79 Å². The van der Waals surface area contributed by atoms with Crippen LogP contribution in [-0.2, 0) is 16.8 Å². The van der Waals surface area contributed by atoms with Crippen LogP contribution >= 0.6 is 0 Å². The van der Waals surface area contributed by atoms with Gasteiger partial charge in [-0.05, 0) is 55.4 Å². The summed E-state index contributed by atoms with van der Waals surface area (Å²) in [7, 11) is 0. The quantitative estimate of drug-likeness (QED) is 0.785. The van der Waals surface area contributed by atoms with Crippen LogP contribution in [0.2, 0.25) is 0 Å². The highest BCUT2D eigenvalue weighted by atomic mass is 16.5. The molecule has 3 rings (SSSR count). The minimum atomic E-state index is -0.569. The molecule has 1 aliphatic heterocycles. The van der Waals surface area contributed by atoms with Gasteiger partial charge in [0.15, 0.2) is 6.10 Å². The Labute approximate surface area is 174 Å². The van der Waals surface area contributed by atoms with Crippen molar-refractivity contribution >= 4 is 11.7 Å². The molecule has 1 fully saturated rings. The third-order valence-electron chi connectivity index (χ3n) is 5.36. The number of nitrogens with zero attached hydrogens (tertiary/aromatic N) is 2. The maximum atomic E-state index is 12.6. The van der Waals surface area contributed by atoms with E-state index in [4.69, 9.17) is 4.74 Å². The lowest BCUT2D eigenvalue weighted by Crippen LogP contribution is -2.37. The number of benzene rings is 1. The largest absolute Gasteiger partial charge is 0.481 e. The molecule has 1 unspecified atom stereocenters. The van der Waals surface area contributed by atoms with Gasteiger partial charge in [0, 0.05) is 31.4 Å². The Balaban J connectivity index is 1.60. The lowest BCUT2D eigenvalue weighted by molar-refractivity contribution is -0.127. The molecular weight excluding hydrogens is 362 g/mol. The van der Waals surface area contributed by atoms with E-state index < -0.39 is 6.10 Å². The standard InChI is InChI=1S/C24H33N3O2/c1-18(29-21-12-8-11-20(16-21)24(2,3)4)23(28)26-17-19-10-9-13-25-22(19)27-14-6-5-7-15-27/h8-13,16,18H,5-7,14-15,17H2,1-4H3,(H,26,28). The molecule has 1 aromatic carbocycles. The molecule has 1 aliphatic rings. The van der Waals surface area contributed by atoms with Crippen molar-refractivity contribution in [1.29, 1.82) is 0 Å². The molecule has 2 aromatic rings. The first-order valence-electron chi connectivity index (χ1n) is 10.6. The average Bonchev–Trinajstić information content (AvgIpc) is 2.72. The van der Waals surface area contributed by atoms with Gasteiger partial charge < -0.3 is 15.0 Å². The number of carbonyl (C=O) groups is 1. The SMILES string of the molecule is CC(Oc1cccc(C(C)(C)C)c1)C(=O)NCc1cccnc1N1CCCCC1. The van der Waals surface area contributed by atoms with Gasteiger partial charge in [0.1, 0.15) is 11.6 Å². The van der Waals surface area contributed by atoms with Gasteiger partial charge in [0.05, 0.1) is 0 Å². The molecule has 1 N–H and O–H groups in total. The highest BCUT2D eigenvalue weighted by Gasteiger charge is 2.19. The van der Waals surface area contributed by atoms with E-state index in [0.717, 1.165) is 30.2 Å². The zero-order chi connectivity index (χ0) is 20.9. The highest BCUT2D eigenvalue weighted by molar-refractivity contribution is 5.80. The second-order valence-corrected chi connectivity index (χ2v) is 8.79. The van der Waals surface area contributed by atoms with Crippen LogP contribution in [0, 0.1) is 0 Å². The number of hydrogen-bond acceptors (Lipinski definition) is 4. The number of hydrogen-bond donors (Lipinski definition) is 1. The summed E-state index contributed by atoms with van der Waals surface area (Å²) in [6.45, 7) is 10.8. The Bertz CT molecular complexity index is 823. The predicted octanol–water partition coefficient (Wildman–Crippen LogP) is 4.45. The average molecular weight is 396 g/mol. The number of piperidine rings is 1. The summed E-state index contributed by atoms with van der Waals surface area (Å²) < 4.78 is 5.91. The van der Waals surface area contributed by atoms with Crippen molar-refractivity contribution in [2.75, 3.05) is 18.0 Å². The number of carbonyl (C=O) groups excluding carboxylic acids is 1. The van der Waals surface area contributed by atoms with Crippen molar-refractivity contribution in [3.63, 3.8) is 0 Å². The Morgan fingerprint density at radius 2 is 1.93 bits per heavy atom. The zero-order valence-corrected chi connectivity index (χ0v) is 18.1. The third kappa shape index (κ3) is 5.72. The number of rotatable bonds is 6. The molecule has 1 atom stereocenters. The zero-order valence-electron chi connectivity index (χ0n) is 18.1. The fraction of sp³-hybridized carbons (Fsp3) is 0.500. The monoisotopic (exact) mass is 395 g/mol. The predicted molar refractivity (Wildman–Crippen MR) is 117 cm³/mol. The number of ether oxygens (including phenoxy) is 1. The van der Waals surface area contributed by atoms with E-state index in [1.807, 2.05) is 36.5 Å². The number of aromatic nitrogens is 1. The van der Waals surface area contributed by atoms with Crippen molar-refractivity contribution in [2.24, 2.45) is 0 Å². The first-order chi connectivity index (χ1) is 13.8. The lowest BCUT2D eigenvalue weighted by Gasteiger charge is -2.29. The molecular formula is C24H33N3O2. The molecule has 1 saturated heterocycles. The normalized spacial score (nSPS) is 15.7. The molecule has 5 heteroatoms. The van der Waals surface area contributed by atoms with E-state index in [1.165, 1.54) is 24.8 Å². The maximum Gasteiger partial charge on any atom is 0.261 e. The van der Waals surface area contributed by atoms with E-state index in [0.29, 0.717) is 6.54 Å². The third-order valence-corrected chi connectivity index (χ3v) is 5.36. The van der Waals surface area contributed by atoms with Crippen molar-refractivity contribution in [3.05, 3.63) is 53.7 Å². The van der Waals surface area contributed by atoms with Gasteiger partial charge in [0.2, 0.25) is 0 Å². The lowest BCUT2D eigenvalue weighted by atomic mass is 9.87. The van der Waals surface area contributed by atoms with Crippen molar-refractivity contribution < 1.29 is 9.53 Å². The molecule has 156 valence electrons. The molecule has 29 heavy (non-hydrogen) atoms. The van der Waals surface area contributed by atoms with Crippen LogP contribution < -0.4 is 15.0 Å². The molecule has 0 bridgehead atoms. The minimum Gasteiger partial charge on any atom is -0.481 e. The molecule has 1 aromatic heterocycles. The van der Waals surface area contributed by atoms with Crippen LogP contribution in [0.3, 0.4) is 0 Å². The van der Waals surface area contributed by atoms with Gasteiger partial charge in [-0.3, -0.25) is 4.79 Å². The number of anilines is 1. The van der Waals surface area contributed by atoms with Crippen LogP contribution in [0.25, 0.3) is 0 Å². The maximum absolute atomic E-state index is 12.6. The van der Waals surface area contributed by atoms with E-state index in [-0.39, 0.29) is 11.3 Å². The summed E-state index contributed by atoms with van der Waals surface area (Å²) >= 11 is 0. The second-order valence-electron chi connectivity index (χ2n) is 8.79. The Morgan fingerprint density at radius 1 is 1.17 bits per heavy atom. The Kier molecular flexibility index (Phi) is 6.78. The molecule has 0 aliphatic carbocycles. The summed E-state index contributed by atoms with van der Waals surface area (Å²) in [6, 6.07) is 11.9. The summed E-state index contributed by atoms with van der Waals surface area (Å²) in [5, 5.41) is 3.01. The van der Waals surface area contributed by atoms with E-state index >= 15 is 0 Å². The topological polar surface area (TPSA) is 54.5 Å². The molecule has 5 nitrogen and oxygen atoms in total. The molecule has 1 amide bonds. The summed E-state index contributed by atoms with van der Waals surface area (Å²) in [4.78, 5) is 19.5. The number of amides is 1. The van der Waals surface area contributed by atoms with Gasteiger partial charge in [-0.15, -0.1) is 0 Å². The van der Waals surface area contributed by atoms with Crippen LogP contribution in [0.5, 0.6) is 5.75 Å². The molecule has 0 saturated carbocycles. The summed E-state index contributed by atoms with van der Waals surface area (Å²) in [5.41, 5.74) is 2.27. The first kappa shape index (κ1) is 21.2. The van der Waals surface area contributed by atoms with Crippen LogP contribution in [0.15, 0.2) is 42.6 Å². The molecule has 0 radical (unpaired) electrons. The fourth-order valence-corrected chi connectivity index (χ4v) is 3.58. The van der Waals surface area contributed by atoms with E-state index in [1.54, 1.807) is 6.92 Å². The smallest absolute Gasteiger partial charge is 0.261 e. The van der Waals surface area contributed by atoms with Crippen molar-refractivity contribution in [2.45, 2.75) is 65.0 Å². The molecule has 0 spiro atoms. The fourth-order valence-electron chi connectivity index (χ4n) is 3.58. The van der Waals surface area contributed by atoms with Crippen molar-refractivity contribution in [3.8, 4) is 5.75 Å². The van der Waals surface area contributed by atoms with Crippen LogP contribution in [0.4, 0.5) is 5.82 Å². The van der Waals surface area contributed by atoms with Crippen LogP contribution in [-0.4, -0.2) is 30.1 Å². The second kappa shape index (κ2) is 9.29. The Hall–Kier alpha value is -2.56. The summed E-state index contributed by atoms with van der Waals surface area (Å²) in [5.74, 6) is 1.58. The van der Waals surface area contributed by atoms with Gasteiger partial charge in [-0.25, -0.2) is 4.98 Å². The van der Waals surface area contributed by atoms with Gasteiger partial charge in [-0.2, -0.15) is 0 Å².